The summed E-state index contributed by atoms with van der Waals surface area (Å²) in [7, 11) is 0. The molecule has 166 valence electrons. The predicted molar refractivity (Wildman–Crippen MR) is 128 cm³/mol. The first-order valence-corrected chi connectivity index (χ1v) is 11.0. The number of carbonyl (C=O) groups is 2. The second-order valence-electron chi connectivity index (χ2n) is 7.65. The Hall–Kier alpha value is -3.60. The number of benzene rings is 3. The van der Waals surface area contributed by atoms with E-state index in [0.29, 0.717) is 23.4 Å². The van der Waals surface area contributed by atoms with E-state index >= 15 is 0 Å². The van der Waals surface area contributed by atoms with Crippen LogP contribution in [-0.2, 0) is 11.2 Å². The molecule has 0 saturated carbocycles. The van der Waals surface area contributed by atoms with Crippen LogP contribution in [0, 0.1) is 0 Å². The molecule has 0 heterocycles. The third kappa shape index (κ3) is 5.97. The largest absolute Gasteiger partial charge is 0.481 e. The van der Waals surface area contributed by atoms with Crippen molar-refractivity contribution in [2.45, 2.75) is 45.8 Å². The minimum Gasteiger partial charge on any atom is -0.481 e. The maximum Gasteiger partial charge on any atom is 0.265 e. The van der Waals surface area contributed by atoms with Gasteiger partial charge < -0.3 is 15.4 Å². The van der Waals surface area contributed by atoms with Crippen LogP contribution in [0.3, 0.4) is 0 Å². The highest BCUT2D eigenvalue weighted by molar-refractivity contribution is 6.04. The SMILES string of the molecule is CCc1ccc(O[C@H](CC)C(=O)Nc2ccccc2C(=O)N[C@H](C)c2ccccc2)cc1. The Morgan fingerprint density at radius 1 is 0.875 bits per heavy atom. The lowest BCUT2D eigenvalue weighted by Crippen LogP contribution is -2.34. The van der Waals surface area contributed by atoms with Crippen LogP contribution in [0.2, 0.25) is 0 Å². The fourth-order valence-electron chi connectivity index (χ4n) is 3.39. The topological polar surface area (TPSA) is 67.4 Å². The minimum atomic E-state index is -0.665. The van der Waals surface area contributed by atoms with Crippen molar-refractivity contribution < 1.29 is 14.3 Å². The lowest BCUT2D eigenvalue weighted by atomic mass is 10.1. The highest BCUT2D eigenvalue weighted by Crippen LogP contribution is 2.20. The van der Waals surface area contributed by atoms with Crippen molar-refractivity contribution in [2.24, 2.45) is 0 Å². The van der Waals surface area contributed by atoms with E-state index in [0.717, 1.165) is 12.0 Å². The standard InChI is InChI=1S/C27H30N2O3/c1-4-20-15-17-22(18-16-20)32-25(5-2)27(31)29-24-14-10-9-13-23(24)26(30)28-19(3)21-11-7-6-8-12-21/h6-19,25H,4-5H2,1-3H3,(H,28,30)(H,29,31)/t19-,25-/m1/s1. The molecule has 0 spiro atoms. The van der Waals surface area contributed by atoms with Crippen LogP contribution >= 0.6 is 0 Å². The summed E-state index contributed by atoms with van der Waals surface area (Å²) in [5.41, 5.74) is 3.08. The second kappa shape index (κ2) is 11.1. The van der Waals surface area contributed by atoms with E-state index in [9.17, 15) is 9.59 Å². The molecule has 2 N–H and O–H groups in total. The van der Waals surface area contributed by atoms with Crippen LogP contribution in [0.25, 0.3) is 0 Å². The molecule has 0 saturated heterocycles. The minimum absolute atomic E-state index is 0.162. The molecule has 3 aromatic carbocycles. The number of aryl methyl sites for hydroxylation is 1. The summed E-state index contributed by atoms with van der Waals surface area (Å²) in [6.07, 6.45) is 0.780. The summed E-state index contributed by atoms with van der Waals surface area (Å²) in [5, 5.41) is 5.87. The normalized spacial score (nSPS) is 12.5. The molecule has 3 rings (SSSR count). The molecule has 0 aliphatic carbocycles. The van der Waals surface area contributed by atoms with Crippen LogP contribution in [0.4, 0.5) is 5.69 Å². The van der Waals surface area contributed by atoms with Gasteiger partial charge in [0.15, 0.2) is 6.10 Å². The van der Waals surface area contributed by atoms with E-state index in [1.165, 1.54) is 5.56 Å². The maximum absolute atomic E-state index is 12.9. The van der Waals surface area contributed by atoms with Crippen molar-refractivity contribution in [2.75, 3.05) is 5.32 Å². The van der Waals surface area contributed by atoms with Crippen molar-refractivity contribution in [3.63, 3.8) is 0 Å². The molecule has 0 radical (unpaired) electrons. The summed E-state index contributed by atoms with van der Waals surface area (Å²) >= 11 is 0. The Balaban J connectivity index is 1.69. The van der Waals surface area contributed by atoms with Crippen molar-refractivity contribution in [1.29, 1.82) is 0 Å². The number of ether oxygens (including phenoxy) is 1. The van der Waals surface area contributed by atoms with Crippen molar-refractivity contribution in [3.05, 3.63) is 95.6 Å². The van der Waals surface area contributed by atoms with Gasteiger partial charge in [-0.3, -0.25) is 9.59 Å². The molecule has 2 atom stereocenters. The van der Waals surface area contributed by atoms with Crippen molar-refractivity contribution in [3.8, 4) is 5.75 Å². The van der Waals surface area contributed by atoms with Gasteiger partial charge in [-0.1, -0.05) is 68.4 Å². The molecule has 0 fully saturated rings. The Morgan fingerprint density at radius 3 is 2.19 bits per heavy atom. The molecule has 5 heteroatoms. The number of carbonyl (C=O) groups excluding carboxylic acids is 2. The molecule has 0 aliphatic rings. The Kier molecular flexibility index (Phi) is 8.03. The third-order valence-electron chi connectivity index (χ3n) is 5.35. The summed E-state index contributed by atoms with van der Waals surface area (Å²) in [6, 6.07) is 24.3. The van der Waals surface area contributed by atoms with E-state index < -0.39 is 6.10 Å². The Labute approximate surface area is 189 Å². The molecule has 0 aliphatic heterocycles. The first kappa shape index (κ1) is 23.1. The zero-order valence-corrected chi connectivity index (χ0v) is 18.8. The summed E-state index contributed by atoms with van der Waals surface area (Å²) < 4.78 is 5.91. The molecular weight excluding hydrogens is 400 g/mol. The van der Waals surface area contributed by atoms with Crippen molar-refractivity contribution >= 4 is 17.5 Å². The molecular formula is C27H30N2O3. The van der Waals surface area contributed by atoms with E-state index in [-0.39, 0.29) is 17.9 Å². The van der Waals surface area contributed by atoms with E-state index in [4.69, 9.17) is 4.74 Å². The van der Waals surface area contributed by atoms with Gasteiger partial charge in [-0.25, -0.2) is 0 Å². The van der Waals surface area contributed by atoms with Gasteiger partial charge >= 0.3 is 0 Å². The number of hydrogen-bond donors (Lipinski definition) is 2. The van der Waals surface area contributed by atoms with Crippen LogP contribution in [0.15, 0.2) is 78.9 Å². The van der Waals surface area contributed by atoms with Gasteiger partial charge in [-0.2, -0.15) is 0 Å². The second-order valence-corrected chi connectivity index (χ2v) is 7.65. The lowest BCUT2D eigenvalue weighted by molar-refractivity contribution is -0.122. The quantitative estimate of drug-likeness (QED) is 0.469. The summed E-state index contributed by atoms with van der Waals surface area (Å²) in [6.45, 7) is 5.91. The fraction of sp³-hybridized carbons (Fsp3) is 0.259. The molecule has 32 heavy (non-hydrogen) atoms. The molecule has 0 bridgehead atoms. The van der Waals surface area contributed by atoms with Gasteiger partial charge in [0.05, 0.1) is 17.3 Å². The maximum atomic E-state index is 12.9. The number of amides is 2. The highest BCUT2D eigenvalue weighted by Gasteiger charge is 2.21. The molecule has 5 nitrogen and oxygen atoms in total. The number of nitrogens with one attached hydrogen (secondary N) is 2. The highest BCUT2D eigenvalue weighted by atomic mass is 16.5. The Morgan fingerprint density at radius 2 is 1.53 bits per heavy atom. The Bertz CT molecular complexity index is 1030. The van der Waals surface area contributed by atoms with Gasteiger partial charge in [-0.05, 0) is 55.2 Å². The van der Waals surface area contributed by atoms with Crippen LogP contribution in [-0.4, -0.2) is 17.9 Å². The van der Waals surface area contributed by atoms with Crippen molar-refractivity contribution in [1.82, 2.24) is 5.32 Å². The first-order chi connectivity index (χ1) is 15.5. The average Bonchev–Trinajstić information content (AvgIpc) is 2.83. The van der Waals surface area contributed by atoms with Gasteiger partial charge in [0.25, 0.3) is 11.8 Å². The van der Waals surface area contributed by atoms with Crippen LogP contribution < -0.4 is 15.4 Å². The monoisotopic (exact) mass is 430 g/mol. The molecule has 3 aromatic rings. The van der Waals surface area contributed by atoms with Crippen LogP contribution in [0.1, 0.15) is 54.7 Å². The zero-order chi connectivity index (χ0) is 22.9. The predicted octanol–water partition coefficient (Wildman–Crippen LogP) is 5.54. The van der Waals surface area contributed by atoms with E-state index in [2.05, 4.69) is 17.6 Å². The summed E-state index contributed by atoms with van der Waals surface area (Å²) in [4.78, 5) is 25.8. The number of para-hydroxylation sites is 1. The fourth-order valence-corrected chi connectivity index (χ4v) is 3.39. The average molecular weight is 431 g/mol. The van der Waals surface area contributed by atoms with Gasteiger partial charge in [0.1, 0.15) is 5.75 Å². The molecule has 0 unspecified atom stereocenters. The van der Waals surface area contributed by atoms with Crippen LogP contribution in [0.5, 0.6) is 5.75 Å². The van der Waals surface area contributed by atoms with Gasteiger partial charge in [-0.15, -0.1) is 0 Å². The molecule has 0 aromatic heterocycles. The smallest absolute Gasteiger partial charge is 0.265 e. The zero-order valence-electron chi connectivity index (χ0n) is 18.8. The van der Waals surface area contributed by atoms with E-state index in [1.807, 2.05) is 68.4 Å². The lowest BCUT2D eigenvalue weighted by Gasteiger charge is -2.19. The molecule has 2 amide bonds. The van der Waals surface area contributed by atoms with Gasteiger partial charge in [0, 0.05) is 0 Å². The van der Waals surface area contributed by atoms with E-state index in [1.54, 1.807) is 24.3 Å². The number of anilines is 1. The first-order valence-electron chi connectivity index (χ1n) is 11.0. The number of hydrogen-bond acceptors (Lipinski definition) is 3. The summed E-state index contributed by atoms with van der Waals surface area (Å²) in [5.74, 6) is 0.108. The van der Waals surface area contributed by atoms with Gasteiger partial charge in [0.2, 0.25) is 0 Å². The number of rotatable bonds is 9. The third-order valence-corrected chi connectivity index (χ3v) is 5.35.